The van der Waals surface area contributed by atoms with Crippen molar-refractivity contribution in [1.82, 2.24) is 0 Å². The van der Waals surface area contributed by atoms with Gasteiger partial charge >= 0.3 is 7.82 Å². The van der Waals surface area contributed by atoms with Gasteiger partial charge < -0.3 is 4.52 Å². The molecule has 0 amide bonds. The smallest absolute Gasteiger partial charge is 0.404 e. The Hall–Kier alpha value is -0.830. The summed E-state index contributed by atoms with van der Waals surface area (Å²) in [5.74, 6) is 1.99. The Morgan fingerprint density at radius 3 is 1.54 bits per heavy atom. The highest BCUT2D eigenvalue weighted by atomic mass is 31.2. The minimum atomic E-state index is -4.56. The Morgan fingerprint density at radius 2 is 1.09 bits per heavy atom. The summed E-state index contributed by atoms with van der Waals surface area (Å²) in [6.07, 6.45) is 22.1. The van der Waals surface area contributed by atoms with Gasteiger partial charge in [0, 0.05) is 0 Å². The standard InChI is InChI=1S/C30H55O4P/c1-26(2)20-15-11-7-5-9-13-17-22-28-23-19-25-30(34-35(31,32)33)29(28)24-18-14-10-6-8-12-16-21-27(3)4/h19,23,25-27H,5-18,20-22,24H2,1-4H3,(H2,31,32,33). The molecule has 204 valence electrons. The first-order valence-electron chi connectivity index (χ1n) is 14.5. The molecule has 1 rings (SSSR count). The van der Waals surface area contributed by atoms with Gasteiger partial charge in [0.25, 0.3) is 0 Å². The first-order valence-corrected chi connectivity index (χ1v) is 16.1. The lowest BCUT2D eigenvalue weighted by Crippen LogP contribution is -2.01. The van der Waals surface area contributed by atoms with Crippen LogP contribution in [0.5, 0.6) is 5.75 Å². The molecule has 0 aliphatic heterocycles. The van der Waals surface area contributed by atoms with Crippen LogP contribution < -0.4 is 4.52 Å². The van der Waals surface area contributed by atoms with Crippen LogP contribution in [0.2, 0.25) is 0 Å². The number of hydrogen-bond acceptors (Lipinski definition) is 2. The van der Waals surface area contributed by atoms with Crippen LogP contribution in [0.4, 0.5) is 0 Å². The molecule has 4 nitrogen and oxygen atoms in total. The monoisotopic (exact) mass is 510 g/mol. The van der Waals surface area contributed by atoms with Gasteiger partial charge in [-0.15, -0.1) is 0 Å². The van der Waals surface area contributed by atoms with Crippen molar-refractivity contribution in [3.05, 3.63) is 29.3 Å². The summed E-state index contributed by atoms with van der Waals surface area (Å²) < 4.78 is 16.6. The summed E-state index contributed by atoms with van der Waals surface area (Å²) >= 11 is 0. The number of unbranched alkanes of at least 4 members (excludes halogenated alkanes) is 12. The molecule has 0 spiro atoms. The van der Waals surface area contributed by atoms with Gasteiger partial charge in [0.15, 0.2) is 0 Å². The molecule has 0 saturated carbocycles. The molecule has 0 radical (unpaired) electrons. The van der Waals surface area contributed by atoms with E-state index in [1.807, 2.05) is 6.07 Å². The average molecular weight is 511 g/mol. The summed E-state index contributed by atoms with van der Waals surface area (Å²) in [7, 11) is -4.56. The molecule has 0 bridgehead atoms. The molecule has 5 heteroatoms. The second-order valence-electron chi connectivity index (χ2n) is 11.3. The molecule has 0 aromatic heterocycles. The Labute approximate surface area is 216 Å². The van der Waals surface area contributed by atoms with Crippen LogP contribution in [-0.4, -0.2) is 9.79 Å². The third-order valence-electron chi connectivity index (χ3n) is 6.88. The highest BCUT2D eigenvalue weighted by Gasteiger charge is 2.19. The van der Waals surface area contributed by atoms with Crippen LogP contribution in [-0.2, 0) is 17.4 Å². The maximum absolute atomic E-state index is 11.5. The van der Waals surface area contributed by atoms with E-state index in [1.165, 1.54) is 89.0 Å². The van der Waals surface area contributed by atoms with Crippen LogP contribution >= 0.6 is 7.82 Å². The summed E-state index contributed by atoms with van der Waals surface area (Å²) in [6, 6.07) is 5.70. The summed E-state index contributed by atoms with van der Waals surface area (Å²) in [5, 5.41) is 0. The van der Waals surface area contributed by atoms with E-state index < -0.39 is 7.82 Å². The fourth-order valence-electron chi connectivity index (χ4n) is 4.83. The SMILES string of the molecule is CC(C)CCCCCCCCCc1cccc(OP(=O)(O)O)c1CCCCCCCCCC(C)C. The van der Waals surface area contributed by atoms with Crippen molar-refractivity contribution in [3.8, 4) is 5.75 Å². The molecule has 2 N–H and O–H groups in total. The van der Waals surface area contributed by atoms with Gasteiger partial charge in [0.2, 0.25) is 0 Å². The van der Waals surface area contributed by atoms with Crippen LogP contribution in [0.15, 0.2) is 18.2 Å². The first-order chi connectivity index (χ1) is 16.7. The maximum atomic E-state index is 11.5. The zero-order chi connectivity index (χ0) is 25.9. The third kappa shape index (κ3) is 18.1. The number of phosphoric ester groups is 1. The van der Waals surface area contributed by atoms with Crippen LogP contribution in [0, 0.1) is 11.8 Å². The predicted molar refractivity (Wildman–Crippen MR) is 150 cm³/mol. The quantitative estimate of drug-likeness (QED) is 0.120. The van der Waals surface area contributed by atoms with E-state index in [0.717, 1.165) is 49.5 Å². The van der Waals surface area contributed by atoms with Gasteiger partial charge in [0.05, 0.1) is 0 Å². The van der Waals surface area contributed by atoms with Gasteiger partial charge in [-0.1, -0.05) is 130 Å². The van der Waals surface area contributed by atoms with Crippen molar-refractivity contribution >= 4 is 7.82 Å². The van der Waals surface area contributed by atoms with Gasteiger partial charge in [-0.05, 0) is 54.7 Å². The number of aryl methyl sites for hydroxylation is 1. The summed E-state index contributed by atoms with van der Waals surface area (Å²) in [4.78, 5) is 18.8. The van der Waals surface area contributed by atoms with Crippen LogP contribution in [0.3, 0.4) is 0 Å². The lowest BCUT2D eigenvalue weighted by molar-refractivity contribution is 0.282. The van der Waals surface area contributed by atoms with Crippen molar-refractivity contribution < 1.29 is 18.9 Å². The minimum Gasteiger partial charge on any atom is -0.404 e. The Morgan fingerprint density at radius 1 is 0.657 bits per heavy atom. The lowest BCUT2D eigenvalue weighted by Gasteiger charge is -2.16. The Bertz CT molecular complexity index is 696. The van der Waals surface area contributed by atoms with E-state index in [0.29, 0.717) is 5.75 Å². The van der Waals surface area contributed by atoms with E-state index >= 15 is 0 Å². The summed E-state index contributed by atoms with van der Waals surface area (Å²) in [5.41, 5.74) is 2.20. The zero-order valence-corrected chi connectivity index (χ0v) is 24.2. The van der Waals surface area contributed by atoms with Gasteiger partial charge in [-0.3, -0.25) is 9.79 Å². The average Bonchev–Trinajstić information content (AvgIpc) is 2.76. The molecular weight excluding hydrogens is 455 g/mol. The molecule has 0 saturated heterocycles. The highest BCUT2D eigenvalue weighted by molar-refractivity contribution is 7.46. The largest absolute Gasteiger partial charge is 0.524 e. The van der Waals surface area contributed by atoms with E-state index in [-0.39, 0.29) is 0 Å². The molecule has 0 unspecified atom stereocenters. The molecule has 1 aromatic carbocycles. The van der Waals surface area contributed by atoms with Crippen molar-refractivity contribution in [2.24, 2.45) is 11.8 Å². The Kier molecular flexibility index (Phi) is 17.8. The molecule has 0 fully saturated rings. The van der Waals surface area contributed by atoms with Gasteiger partial charge in [0.1, 0.15) is 5.75 Å². The number of hydrogen-bond donors (Lipinski definition) is 2. The van der Waals surface area contributed by atoms with E-state index in [9.17, 15) is 14.4 Å². The number of benzene rings is 1. The normalized spacial score (nSPS) is 12.1. The lowest BCUT2D eigenvalue weighted by atomic mass is 9.95. The number of rotatable bonds is 22. The van der Waals surface area contributed by atoms with E-state index in [4.69, 9.17) is 4.52 Å². The minimum absolute atomic E-state index is 0.370. The molecule has 0 aliphatic carbocycles. The topological polar surface area (TPSA) is 66.8 Å². The second kappa shape index (κ2) is 19.3. The molecule has 1 aromatic rings. The molecule has 0 heterocycles. The highest BCUT2D eigenvalue weighted by Crippen LogP contribution is 2.40. The summed E-state index contributed by atoms with van der Waals surface area (Å²) in [6.45, 7) is 9.17. The van der Waals surface area contributed by atoms with Crippen molar-refractivity contribution in [1.29, 1.82) is 0 Å². The van der Waals surface area contributed by atoms with Gasteiger partial charge in [-0.2, -0.15) is 0 Å². The third-order valence-corrected chi connectivity index (χ3v) is 7.32. The van der Waals surface area contributed by atoms with E-state index in [1.54, 1.807) is 6.07 Å². The van der Waals surface area contributed by atoms with Crippen LogP contribution in [0.1, 0.15) is 142 Å². The van der Waals surface area contributed by atoms with E-state index in [2.05, 4.69) is 33.8 Å². The zero-order valence-electron chi connectivity index (χ0n) is 23.3. The van der Waals surface area contributed by atoms with Gasteiger partial charge in [-0.25, -0.2) is 4.57 Å². The number of phosphoric acid groups is 1. The maximum Gasteiger partial charge on any atom is 0.524 e. The molecule has 0 aliphatic rings. The first kappa shape index (κ1) is 32.2. The van der Waals surface area contributed by atoms with Crippen LogP contribution in [0.25, 0.3) is 0 Å². The second-order valence-corrected chi connectivity index (χ2v) is 12.5. The molecular formula is C30H55O4P. The molecule has 35 heavy (non-hydrogen) atoms. The fourth-order valence-corrected chi connectivity index (χ4v) is 5.26. The predicted octanol–water partition coefficient (Wildman–Crippen LogP) is 9.80. The van der Waals surface area contributed by atoms with Crippen molar-refractivity contribution in [2.45, 2.75) is 143 Å². The Balaban J connectivity index is 2.43. The van der Waals surface area contributed by atoms with Crippen molar-refractivity contribution in [2.75, 3.05) is 0 Å². The fraction of sp³-hybridized carbons (Fsp3) is 0.800. The van der Waals surface area contributed by atoms with Crippen molar-refractivity contribution in [3.63, 3.8) is 0 Å². The molecule has 0 atom stereocenters.